The zero-order valence-electron chi connectivity index (χ0n) is 15.5. The second-order valence-corrected chi connectivity index (χ2v) is 7.02. The molecule has 136 valence electrons. The van der Waals surface area contributed by atoms with Gasteiger partial charge in [0.05, 0.1) is 5.41 Å². The van der Waals surface area contributed by atoms with Crippen LogP contribution in [0.1, 0.15) is 25.3 Å². The van der Waals surface area contributed by atoms with E-state index in [1.165, 1.54) is 0 Å². The minimum absolute atomic E-state index is 0.0222. The maximum Gasteiger partial charge on any atom is 0.228 e. The lowest BCUT2D eigenvalue weighted by Crippen LogP contribution is -2.44. The Balaban J connectivity index is 1.87. The summed E-state index contributed by atoms with van der Waals surface area (Å²) in [6.45, 7) is 3.01. The Morgan fingerprint density at radius 1 is 1.08 bits per heavy atom. The number of likely N-dealkylation sites (tertiary alicyclic amines) is 1. The molecule has 1 heterocycles. The number of benzene rings is 2. The van der Waals surface area contributed by atoms with Crippen molar-refractivity contribution in [3.05, 3.63) is 60.2 Å². The number of carbonyl (C=O) groups excluding carboxylic acids is 2. The molecule has 1 aliphatic heterocycles. The molecule has 4 nitrogen and oxygen atoms in total. The molecule has 0 saturated carbocycles. The maximum absolute atomic E-state index is 12.7. The van der Waals surface area contributed by atoms with Gasteiger partial charge in [-0.1, -0.05) is 61.5 Å². The van der Waals surface area contributed by atoms with Crippen LogP contribution in [0.2, 0.25) is 0 Å². The van der Waals surface area contributed by atoms with E-state index >= 15 is 0 Å². The summed E-state index contributed by atoms with van der Waals surface area (Å²) in [4.78, 5) is 26.6. The van der Waals surface area contributed by atoms with Crippen LogP contribution in [0.15, 0.2) is 54.6 Å². The van der Waals surface area contributed by atoms with Crippen LogP contribution < -0.4 is 5.32 Å². The molecule has 1 saturated heterocycles. The highest BCUT2D eigenvalue weighted by Crippen LogP contribution is 2.35. The predicted molar refractivity (Wildman–Crippen MR) is 104 cm³/mol. The van der Waals surface area contributed by atoms with Crippen molar-refractivity contribution in [3.63, 3.8) is 0 Å². The Hall–Kier alpha value is -2.62. The van der Waals surface area contributed by atoms with Crippen LogP contribution in [0.5, 0.6) is 0 Å². The van der Waals surface area contributed by atoms with Gasteiger partial charge in [-0.05, 0) is 29.5 Å². The highest BCUT2D eigenvalue weighted by molar-refractivity contribution is 5.85. The number of carbonyl (C=O) groups is 2. The first-order valence-corrected chi connectivity index (χ1v) is 9.22. The zero-order chi connectivity index (χ0) is 18.6. The average molecular weight is 350 g/mol. The largest absolute Gasteiger partial charge is 0.359 e. The fourth-order valence-electron chi connectivity index (χ4n) is 3.87. The summed E-state index contributed by atoms with van der Waals surface area (Å²) in [5.74, 6) is 0.142. The predicted octanol–water partition coefficient (Wildman–Crippen LogP) is 3.27. The lowest BCUT2D eigenvalue weighted by atomic mass is 9.79. The van der Waals surface area contributed by atoms with Gasteiger partial charge in [-0.3, -0.25) is 9.59 Å². The van der Waals surface area contributed by atoms with Crippen molar-refractivity contribution in [1.82, 2.24) is 10.2 Å². The molecule has 0 aromatic heterocycles. The van der Waals surface area contributed by atoms with Crippen molar-refractivity contribution >= 4 is 11.8 Å². The van der Waals surface area contributed by atoms with E-state index in [1.54, 1.807) is 7.05 Å². The van der Waals surface area contributed by atoms with E-state index in [1.807, 2.05) is 36.1 Å². The molecule has 2 amide bonds. The van der Waals surface area contributed by atoms with Gasteiger partial charge in [0.15, 0.2) is 0 Å². The molecule has 1 aliphatic rings. The van der Waals surface area contributed by atoms with Crippen molar-refractivity contribution in [3.8, 4) is 11.1 Å². The molecule has 0 spiro atoms. The van der Waals surface area contributed by atoms with Crippen LogP contribution in [0.25, 0.3) is 11.1 Å². The van der Waals surface area contributed by atoms with Crippen LogP contribution in [0.3, 0.4) is 0 Å². The minimum Gasteiger partial charge on any atom is -0.359 e. The van der Waals surface area contributed by atoms with E-state index in [0.717, 1.165) is 16.7 Å². The van der Waals surface area contributed by atoms with Gasteiger partial charge in [0, 0.05) is 26.6 Å². The molecule has 1 atom stereocenters. The molecular weight excluding hydrogens is 324 g/mol. The number of amides is 2. The van der Waals surface area contributed by atoms with Gasteiger partial charge in [0.1, 0.15) is 0 Å². The SMILES string of the molecule is CCC(=O)N1CCC(Cc2cccc(-c3ccccc3)c2)(C(=O)NC)C1. The zero-order valence-corrected chi connectivity index (χ0v) is 15.5. The summed E-state index contributed by atoms with van der Waals surface area (Å²) in [5, 5.41) is 2.81. The number of nitrogens with one attached hydrogen (secondary N) is 1. The lowest BCUT2D eigenvalue weighted by Gasteiger charge is -2.28. The number of hydrogen-bond donors (Lipinski definition) is 1. The Bertz CT molecular complexity index is 788. The highest BCUT2D eigenvalue weighted by Gasteiger charge is 2.45. The monoisotopic (exact) mass is 350 g/mol. The topological polar surface area (TPSA) is 49.4 Å². The second-order valence-electron chi connectivity index (χ2n) is 7.02. The quantitative estimate of drug-likeness (QED) is 0.900. The van der Waals surface area contributed by atoms with Crippen LogP contribution in [-0.2, 0) is 16.0 Å². The molecule has 2 aromatic carbocycles. The third-order valence-electron chi connectivity index (χ3n) is 5.29. The Kier molecular flexibility index (Phi) is 5.40. The van der Waals surface area contributed by atoms with E-state index in [9.17, 15) is 9.59 Å². The molecule has 1 unspecified atom stereocenters. The minimum atomic E-state index is -0.547. The summed E-state index contributed by atoms with van der Waals surface area (Å²) >= 11 is 0. The van der Waals surface area contributed by atoms with Crippen molar-refractivity contribution in [1.29, 1.82) is 0 Å². The van der Waals surface area contributed by atoms with Crippen LogP contribution in [0.4, 0.5) is 0 Å². The van der Waals surface area contributed by atoms with Crippen molar-refractivity contribution in [2.75, 3.05) is 20.1 Å². The van der Waals surface area contributed by atoms with Crippen LogP contribution in [0, 0.1) is 5.41 Å². The van der Waals surface area contributed by atoms with Gasteiger partial charge in [-0.25, -0.2) is 0 Å². The normalized spacial score (nSPS) is 19.4. The molecule has 4 heteroatoms. The first-order valence-electron chi connectivity index (χ1n) is 9.22. The summed E-state index contributed by atoms with van der Waals surface area (Å²) < 4.78 is 0. The van der Waals surface area contributed by atoms with Gasteiger partial charge in [-0.15, -0.1) is 0 Å². The molecule has 3 rings (SSSR count). The second kappa shape index (κ2) is 7.73. The van der Waals surface area contributed by atoms with Crippen molar-refractivity contribution < 1.29 is 9.59 Å². The molecule has 0 aliphatic carbocycles. The average Bonchev–Trinajstić information content (AvgIpc) is 3.13. The van der Waals surface area contributed by atoms with Crippen LogP contribution in [-0.4, -0.2) is 36.9 Å². The molecule has 1 fully saturated rings. The molecule has 1 N–H and O–H groups in total. The smallest absolute Gasteiger partial charge is 0.228 e. The standard InChI is InChI=1S/C22H26N2O2/c1-3-20(25)24-13-12-22(16-24,21(26)23-2)15-17-8-7-11-19(14-17)18-9-5-4-6-10-18/h4-11,14H,3,12-13,15-16H2,1-2H3,(H,23,26). The van der Waals surface area contributed by atoms with Gasteiger partial charge in [0.25, 0.3) is 0 Å². The van der Waals surface area contributed by atoms with E-state index in [-0.39, 0.29) is 11.8 Å². The van der Waals surface area contributed by atoms with E-state index in [2.05, 4.69) is 35.6 Å². The lowest BCUT2D eigenvalue weighted by molar-refractivity contribution is -0.132. The van der Waals surface area contributed by atoms with Gasteiger partial charge < -0.3 is 10.2 Å². The van der Waals surface area contributed by atoms with Crippen molar-refractivity contribution in [2.45, 2.75) is 26.2 Å². The Labute approximate surface area is 155 Å². The van der Waals surface area contributed by atoms with Gasteiger partial charge in [-0.2, -0.15) is 0 Å². The molecule has 2 aromatic rings. The molecule has 0 bridgehead atoms. The molecular formula is C22H26N2O2. The molecule has 0 radical (unpaired) electrons. The summed E-state index contributed by atoms with van der Waals surface area (Å²) in [6, 6.07) is 18.6. The van der Waals surface area contributed by atoms with Gasteiger partial charge in [0.2, 0.25) is 11.8 Å². The van der Waals surface area contributed by atoms with E-state index in [0.29, 0.717) is 32.4 Å². The maximum atomic E-state index is 12.7. The molecule has 26 heavy (non-hydrogen) atoms. The van der Waals surface area contributed by atoms with E-state index < -0.39 is 5.41 Å². The van der Waals surface area contributed by atoms with Gasteiger partial charge >= 0.3 is 0 Å². The highest BCUT2D eigenvalue weighted by atomic mass is 16.2. The number of nitrogens with zero attached hydrogens (tertiary/aromatic N) is 1. The Morgan fingerprint density at radius 2 is 1.81 bits per heavy atom. The van der Waals surface area contributed by atoms with Crippen molar-refractivity contribution in [2.24, 2.45) is 5.41 Å². The number of hydrogen-bond acceptors (Lipinski definition) is 2. The summed E-state index contributed by atoms with van der Waals surface area (Å²) in [7, 11) is 1.68. The Morgan fingerprint density at radius 3 is 2.50 bits per heavy atom. The summed E-state index contributed by atoms with van der Waals surface area (Å²) in [6.07, 6.45) is 1.82. The van der Waals surface area contributed by atoms with Crippen LogP contribution >= 0.6 is 0 Å². The third kappa shape index (κ3) is 3.64. The first-order chi connectivity index (χ1) is 12.6. The fraction of sp³-hybridized carbons (Fsp3) is 0.364. The number of rotatable bonds is 5. The van der Waals surface area contributed by atoms with E-state index in [4.69, 9.17) is 0 Å². The fourth-order valence-corrected chi connectivity index (χ4v) is 3.87. The first kappa shape index (κ1) is 18.2. The summed E-state index contributed by atoms with van der Waals surface area (Å²) in [5.41, 5.74) is 2.89. The third-order valence-corrected chi connectivity index (χ3v) is 5.29.